The molecule has 22 heavy (non-hydrogen) atoms. The van der Waals surface area contributed by atoms with E-state index < -0.39 is 11.8 Å². The molecular weight excluding hydrogens is 311 g/mol. The van der Waals surface area contributed by atoms with Gasteiger partial charge in [-0.1, -0.05) is 11.6 Å². The van der Waals surface area contributed by atoms with Crippen LogP contribution >= 0.6 is 11.6 Å². The molecule has 0 atom stereocenters. The van der Waals surface area contributed by atoms with E-state index >= 15 is 0 Å². The van der Waals surface area contributed by atoms with Gasteiger partial charge in [0.25, 0.3) is 0 Å². The Morgan fingerprint density at radius 1 is 1.09 bits per heavy atom. The quantitative estimate of drug-likeness (QED) is 0.888. The molecule has 0 unspecified atom stereocenters. The molecule has 0 spiro atoms. The molecule has 5 nitrogen and oxygen atoms in total. The molecule has 0 bridgehead atoms. The van der Waals surface area contributed by atoms with Crippen LogP contribution in [0.5, 0.6) is 11.5 Å². The summed E-state index contributed by atoms with van der Waals surface area (Å²) in [6, 6.07) is 8.38. The van der Waals surface area contributed by atoms with Gasteiger partial charge in [0.05, 0.1) is 24.9 Å². The number of benzene rings is 2. The van der Waals surface area contributed by atoms with Crippen LogP contribution in [-0.4, -0.2) is 20.3 Å². The van der Waals surface area contributed by atoms with Crippen molar-refractivity contribution in [2.75, 3.05) is 24.9 Å². The van der Waals surface area contributed by atoms with Crippen LogP contribution < -0.4 is 20.1 Å². The minimum Gasteiger partial charge on any atom is -0.497 e. The Balaban J connectivity index is 2.12. The van der Waals surface area contributed by atoms with E-state index in [1.807, 2.05) is 0 Å². The third-order valence-electron chi connectivity index (χ3n) is 2.83. The van der Waals surface area contributed by atoms with Crippen molar-refractivity contribution in [3.05, 3.63) is 47.2 Å². The maximum Gasteiger partial charge on any atom is 0.323 e. The Kier molecular flexibility index (Phi) is 5.06. The van der Waals surface area contributed by atoms with Crippen molar-refractivity contribution in [3.63, 3.8) is 0 Å². The highest BCUT2D eigenvalue weighted by Gasteiger charge is 2.10. The summed E-state index contributed by atoms with van der Waals surface area (Å²) in [4.78, 5) is 12.0. The summed E-state index contributed by atoms with van der Waals surface area (Å²) < 4.78 is 23.3. The third-order valence-corrected chi connectivity index (χ3v) is 3.12. The van der Waals surface area contributed by atoms with Crippen molar-refractivity contribution in [1.29, 1.82) is 0 Å². The first kappa shape index (κ1) is 15.9. The molecule has 116 valence electrons. The minimum absolute atomic E-state index is 0.0724. The molecule has 0 heterocycles. The number of ether oxygens (including phenoxy) is 2. The van der Waals surface area contributed by atoms with Gasteiger partial charge in [-0.3, -0.25) is 0 Å². The number of amides is 2. The van der Waals surface area contributed by atoms with Gasteiger partial charge in [-0.25, -0.2) is 9.18 Å². The predicted octanol–water partition coefficient (Wildman–Crippen LogP) is 4.14. The van der Waals surface area contributed by atoms with Crippen molar-refractivity contribution >= 4 is 29.0 Å². The van der Waals surface area contributed by atoms with Gasteiger partial charge in [0.15, 0.2) is 0 Å². The summed E-state index contributed by atoms with van der Waals surface area (Å²) in [6.45, 7) is 0. The van der Waals surface area contributed by atoms with E-state index in [9.17, 15) is 9.18 Å². The maximum absolute atomic E-state index is 13.1. The van der Waals surface area contributed by atoms with Crippen LogP contribution in [0.15, 0.2) is 36.4 Å². The number of hydrogen-bond donors (Lipinski definition) is 2. The molecule has 2 aromatic carbocycles. The molecule has 0 saturated carbocycles. The van der Waals surface area contributed by atoms with E-state index in [0.29, 0.717) is 22.9 Å². The Morgan fingerprint density at radius 3 is 2.50 bits per heavy atom. The average Bonchev–Trinajstić information content (AvgIpc) is 2.50. The highest BCUT2D eigenvalue weighted by atomic mass is 35.5. The van der Waals surface area contributed by atoms with Crippen LogP contribution in [0.1, 0.15) is 0 Å². The van der Waals surface area contributed by atoms with Crippen molar-refractivity contribution in [2.45, 2.75) is 0 Å². The van der Waals surface area contributed by atoms with Crippen LogP contribution in [0.25, 0.3) is 0 Å². The van der Waals surface area contributed by atoms with E-state index in [1.165, 1.54) is 32.4 Å². The molecule has 0 aliphatic rings. The molecule has 0 aliphatic heterocycles. The van der Waals surface area contributed by atoms with Crippen LogP contribution in [0, 0.1) is 5.82 Å². The molecule has 0 saturated heterocycles. The Bertz CT molecular complexity index is 694. The van der Waals surface area contributed by atoms with E-state index in [0.717, 1.165) is 0 Å². The number of rotatable bonds is 4. The van der Waals surface area contributed by atoms with E-state index in [1.54, 1.807) is 18.2 Å². The van der Waals surface area contributed by atoms with Gasteiger partial charge in [0.2, 0.25) is 0 Å². The summed E-state index contributed by atoms with van der Waals surface area (Å²) in [7, 11) is 3.01. The third kappa shape index (κ3) is 3.79. The van der Waals surface area contributed by atoms with Crippen LogP contribution in [0.4, 0.5) is 20.6 Å². The first-order valence-electron chi connectivity index (χ1n) is 6.28. The van der Waals surface area contributed by atoms with E-state index in [-0.39, 0.29) is 5.02 Å². The van der Waals surface area contributed by atoms with Gasteiger partial charge >= 0.3 is 6.03 Å². The molecule has 2 N–H and O–H groups in total. The number of carbonyl (C=O) groups is 1. The lowest BCUT2D eigenvalue weighted by Gasteiger charge is -2.12. The molecule has 2 amide bonds. The zero-order valence-electron chi connectivity index (χ0n) is 11.9. The Labute approximate surface area is 132 Å². The number of anilines is 2. The highest BCUT2D eigenvalue weighted by molar-refractivity contribution is 6.31. The molecule has 0 fully saturated rings. The summed E-state index contributed by atoms with van der Waals surface area (Å²) in [5.41, 5.74) is 0.804. The molecule has 0 aromatic heterocycles. The summed E-state index contributed by atoms with van der Waals surface area (Å²) in [5.74, 6) is 0.496. The van der Waals surface area contributed by atoms with Gasteiger partial charge in [0.1, 0.15) is 17.3 Å². The van der Waals surface area contributed by atoms with Gasteiger partial charge < -0.3 is 20.1 Å². The first-order valence-corrected chi connectivity index (χ1v) is 6.66. The Morgan fingerprint density at radius 2 is 1.86 bits per heavy atom. The molecule has 2 rings (SSSR count). The number of methoxy groups -OCH3 is 2. The normalized spacial score (nSPS) is 10.0. The fourth-order valence-corrected chi connectivity index (χ4v) is 1.95. The average molecular weight is 325 g/mol. The fourth-order valence-electron chi connectivity index (χ4n) is 1.77. The summed E-state index contributed by atoms with van der Waals surface area (Å²) in [6.07, 6.45) is 0. The number of halogens is 2. The molecule has 0 aliphatic carbocycles. The zero-order valence-corrected chi connectivity index (χ0v) is 12.7. The second-order valence-corrected chi connectivity index (χ2v) is 4.68. The molecule has 7 heteroatoms. The highest BCUT2D eigenvalue weighted by Crippen LogP contribution is 2.29. The van der Waals surface area contributed by atoms with Crippen LogP contribution in [-0.2, 0) is 0 Å². The smallest absolute Gasteiger partial charge is 0.323 e. The fraction of sp³-hybridized carbons (Fsp3) is 0.133. The molecule has 0 radical (unpaired) electrons. The van der Waals surface area contributed by atoms with Gasteiger partial charge in [0, 0.05) is 11.8 Å². The molecular formula is C15H14ClFN2O3. The topological polar surface area (TPSA) is 59.6 Å². The van der Waals surface area contributed by atoms with Crippen molar-refractivity contribution in [1.82, 2.24) is 0 Å². The first-order chi connectivity index (χ1) is 10.5. The van der Waals surface area contributed by atoms with Gasteiger partial charge in [-0.2, -0.15) is 0 Å². The zero-order chi connectivity index (χ0) is 16.1. The van der Waals surface area contributed by atoms with E-state index in [4.69, 9.17) is 21.1 Å². The van der Waals surface area contributed by atoms with Gasteiger partial charge in [-0.15, -0.1) is 0 Å². The number of hydrogen-bond acceptors (Lipinski definition) is 3. The minimum atomic E-state index is -0.554. The summed E-state index contributed by atoms with van der Waals surface area (Å²) >= 11 is 5.66. The SMILES string of the molecule is COc1ccc(OC)c(NC(=O)Nc2ccc(F)c(Cl)c2)c1. The second kappa shape index (κ2) is 7.00. The van der Waals surface area contributed by atoms with E-state index in [2.05, 4.69) is 10.6 Å². The largest absolute Gasteiger partial charge is 0.497 e. The van der Waals surface area contributed by atoms with Crippen molar-refractivity contribution < 1.29 is 18.7 Å². The lowest BCUT2D eigenvalue weighted by atomic mass is 10.2. The standard InChI is InChI=1S/C15H14ClFN2O3/c1-21-10-4-6-14(22-2)13(8-10)19-15(20)18-9-3-5-12(17)11(16)7-9/h3-8H,1-2H3,(H2,18,19,20). The van der Waals surface area contributed by atoms with Crippen molar-refractivity contribution in [2.24, 2.45) is 0 Å². The number of urea groups is 1. The van der Waals surface area contributed by atoms with Crippen LogP contribution in [0.3, 0.4) is 0 Å². The van der Waals surface area contributed by atoms with Gasteiger partial charge in [-0.05, 0) is 30.3 Å². The predicted molar refractivity (Wildman–Crippen MR) is 83.6 cm³/mol. The summed E-state index contributed by atoms with van der Waals surface area (Å²) in [5, 5.41) is 5.10. The lowest BCUT2D eigenvalue weighted by Crippen LogP contribution is -2.19. The van der Waals surface area contributed by atoms with Crippen LogP contribution in [0.2, 0.25) is 5.02 Å². The maximum atomic E-state index is 13.1. The Hall–Kier alpha value is -2.47. The number of carbonyl (C=O) groups excluding carboxylic acids is 1. The monoisotopic (exact) mass is 324 g/mol. The second-order valence-electron chi connectivity index (χ2n) is 4.27. The molecule has 2 aromatic rings. The van der Waals surface area contributed by atoms with Crippen molar-refractivity contribution in [3.8, 4) is 11.5 Å². The number of nitrogens with one attached hydrogen (secondary N) is 2. The lowest BCUT2D eigenvalue weighted by molar-refractivity contribution is 0.262.